The zero-order valence-corrected chi connectivity index (χ0v) is 13.7. The highest BCUT2D eigenvalue weighted by atomic mass is 32.1. The Labute approximate surface area is 141 Å². The molecular formula is C16H15FN2O4S. The van der Waals surface area contributed by atoms with E-state index in [1.165, 1.54) is 22.4 Å². The van der Waals surface area contributed by atoms with Crippen molar-refractivity contribution in [3.05, 3.63) is 35.3 Å². The Kier molecular flexibility index (Phi) is 4.23. The number of likely N-dealkylation sites (tertiary alicyclic amines) is 1. The van der Waals surface area contributed by atoms with Crippen LogP contribution in [0.2, 0.25) is 0 Å². The van der Waals surface area contributed by atoms with E-state index in [0.717, 1.165) is 11.3 Å². The molecule has 0 saturated carbocycles. The molecule has 3 rings (SSSR count). The van der Waals surface area contributed by atoms with Gasteiger partial charge >= 0.3 is 5.97 Å². The summed E-state index contributed by atoms with van der Waals surface area (Å²) in [5.74, 6) is -1.20. The number of carboxylic acids is 1. The van der Waals surface area contributed by atoms with Crippen molar-refractivity contribution in [1.29, 1.82) is 0 Å². The smallest absolute Gasteiger partial charge is 0.343 e. The molecule has 1 aliphatic rings. The van der Waals surface area contributed by atoms with Gasteiger partial charge in [0.15, 0.2) is 0 Å². The van der Waals surface area contributed by atoms with Crippen molar-refractivity contribution >= 4 is 23.2 Å². The van der Waals surface area contributed by atoms with Crippen LogP contribution in [0, 0.1) is 0 Å². The number of halogens is 1. The molecule has 1 atom stereocenters. The second kappa shape index (κ2) is 6.20. The van der Waals surface area contributed by atoms with Crippen LogP contribution in [0.5, 0.6) is 5.75 Å². The Hall–Kier alpha value is -2.48. The monoisotopic (exact) mass is 350 g/mol. The van der Waals surface area contributed by atoms with Crippen molar-refractivity contribution < 1.29 is 23.8 Å². The first-order valence-corrected chi connectivity index (χ1v) is 8.06. The highest BCUT2D eigenvalue weighted by molar-refractivity contribution is 7.16. The van der Waals surface area contributed by atoms with Crippen molar-refractivity contribution in [1.82, 2.24) is 9.88 Å². The van der Waals surface area contributed by atoms with Crippen molar-refractivity contribution in [3.63, 3.8) is 0 Å². The number of thiazole rings is 1. The van der Waals surface area contributed by atoms with Crippen LogP contribution in [-0.4, -0.2) is 52.7 Å². The highest BCUT2D eigenvalue weighted by Crippen LogP contribution is 2.31. The van der Waals surface area contributed by atoms with Crippen LogP contribution in [0.3, 0.4) is 0 Å². The maximum absolute atomic E-state index is 14.1. The maximum Gasteiger partial charge on any atom is 0.343 e. The number of carbonyl (C=O) groups excluding carboxylic acids is 1. The molecule has 1 N–H and O–H groups in total. The summed E-state index contributed by atoms with van der Waals surface area (Å²) in [6.45, 7) is -0.353. The fourth-order valence-electron chi connectivity index (χ4n) is 2.52. The van der Waals surface area contributed by atoms with E-state index in [-0.39, 0.29) is 13.0 Å². The number of aliphatic carboxylic acids is 1. The molecule has 1 fully saturated rings. The summed E-state index contributed by atoms with van der Waals surface area (Å²) in [5.41, 5.74) is -1.52. The summed E-state index contributed by atoms with van der Waals surface area (Å²) in [7, 11) is 1.58. The molecule has 0 spiro atoms. The first-order valence-electron chi connectivity index (χ1n) is 7.25. The summed E-state index contributed by atoms with van der Waals surface area (Å²) < 4.78 is 19.2. The van der Waals surface area contributed by atoms with E-state index in [9.17, 15) is 14.0 Å². The molecular weight excluding hydrogens is 335 g/mol. The SMILES string of the molecule is COc1ccc(-c2ncc(C(=O)N3CCC(F)(C(=O)O)C3)s2)cc1. The number of benzene rings is 1. The molecule has 24 heavy (non-hydrogen) atoms. The number of hydrogen-bond acceptors (Lipinski definition) is 5. The maximum atomic E-state index is 14.1. The van der Waals surface area contributed by atoms with Crippen LogP contribution >= 0.6 is 11.3 Å². The Bertz CT molecular complexity index is 777. The van der Waals surface area contributed by atoms with E-state index in [1.807, 2.05) is 12.1 Å². The number of carboxylic acid groups (broad SMARTS) is 1. The van der Waals surface area contributed by atoms with Crippen molar-refractivity contribution in [2.45, 2.75) is 12.1 Å². The second-order valence-corrected chi connectivity index (χ2v) is 6.54. The number of methoxy groups -OCH3 is 1. The molecule has 1 unspecified atom stereocenters. The summed E-state index contributed by atoms with van der Waals surface area (Å²) in [6.07, 6.45) is 1.24. The number of nitrogens with zero attached hydrogens (tertiary/aromatic N) is 2. The summed E-state index contributed by atoms with van der Waals surface area (Å²) in [6, 6.07) is 7.25. The average Bonchev–Trinajstić information content (AvgIpc) is 3.22. The fourth-order valence-corrected chi connectivity index (χ4v) is 3.41. The van der Waals surface area contributed by atoms with Gasteiger partial charge in [0, 0.05) is 18.5 Å². The molecule has 0 aliphatic carbocycles. The lowest BCUT2D eigenvalue weighted by atomic mass is 10.1. The van der Waals surface area contributed by atoms with Crippen LogP contribution in [0.15, 0.2) is 30.5 Å². The van der Waals surface area contributed by atoms with Crippen molar-refractivity contribution in [2.75, 3.05) is 20.2 Å². The lowest BCUT2D eigenvalue weighted by molar-refractivity contribution is -0.149. The Morgan fingerprint density at radius 3 is 2.67 bits per heavy atom. The number of amides is 1. The van der Waals surface area contributed by atoms with Crippen LogP contribution in [0.1, 0.15) is 16.1 Å². The van der Waals surface area contributed by atoms with Gasteiger partial charge in [-0.3, -0.25) is 4.79 Å². The quantitative estimate of drug-likeness (QED) is 0.916. The summed E-state index contributed by atoms with van der Waals surface area (Å²) in [4.78, 5) is 29.2. The van der Waals surface area contributed by atoms with Gasteiger partial charge in [-0.1, -0.05) is 0 Å². The van der Waals surface area contributed by atoms with Gasteiger partial charge in [0.05, 0.1) is 19.9 Å². The molecule has 1 saturated heterocycles. The Morgan fingerprint density at radius 1 is 1.38 bits per heavy atom. The van der Waals surface area contributed by atoms with E-state index >= 15 is 0 Å². The lowest BCUT2D eigenvalue weighted by Crippen LogP contribution is -2.38. The highest BCUT2D eigenvalue weighted by Gasteiger charge is 2.47. The molecule has 0 bridgehead atoms. The van der Waals surface area contributed by atoms with E-state index in [2.05, 4.69) is 4.98 Å². The van der Waals surface area contributed by atoms with E-state index < -0.39 is 24.1 Å². The van der Waals surface area contributed by atoms with Crippen LogP contribution in [0.4, 0.5) is 4.39 Å². The molecule has 8 heteroatoms. The third-order valence-corrected chi connectivity index (χ3v) is 4.98. The zero-order valence-electron chi connectivity index (χ0n) is 12.9. The Morgan fingerprint density at radius 2 is 2.08 bits per heavy atom. The number of aromatic nitrogens is 1. The molecule has 2 heterocycles. The first kappa shape index (κ1) is 16.4. The van der Waals surface area contributed by atoms with E-state index in [4.69, 9.17) is 9.84 Å². The predicted octanol–water partition coefficient (Wildman–Crippen LogP) is 2.46. The van der Waals surface area contributed by atoms with E-state index in [0.29, 0.717) is 9.88 Å². The number of alkyl halides is 1. The number of hydrogen-bond donors (Lipinski definition) is 1. The van der Waals surface area contributed by atoms with Gasteiger partial charge in [-0.2, -0.15) is 0 Å². The largest absolute Gasteiger partial charge is 0.497 e. The molecule has 126 valence electrons. The number of carbonyl (C=O) groups is 2. The molecule has 0 radical (unpaired) electrons. The minimum absolute atomic E-state index is 0.0808. The number of rotatable bonds is 4. The molecule has 6 nitrogen and oxygen atoms in total. The van der Waals surface area contributed by atoms with Gasteiger partial charge in [0.1, 0.15) is 15.6 Å². The van der Waals surface area contributed by atoms with E-state index in [1.54, 1.807) is 19.2 Å². The summed E-state index contributed by atoms with van der Waals surface area (Å²) in [5, 5.41) is 9.56. The second-order valence-electron chi connectivity index (χ2n) is 5.51. The predicted molar refractivity (Wildman–Crippen MR) is 86.1 cm³/mol. The average molecular weight is 350 g/mol. The minimum Gasteiger partial charge on any atom is -0.497 e. The molecule has 1 aromatic heterocycles. The third-order valence-electron chi connectivity index (χ3n) is 3.94. The third kappa shape index (κ3) is 2.96. The van der Waals surface area contributed by atoms with Crippen LogP contribution < -0.4 is 4.74 Å². The molecule has 1 aromatic carbocycles. The van der Waals surface area contributed by atoms with Crippen molar-refractivity contribution in [3.8, 4) is 16.3 Å². The standard InChI is InChI=1S/C16H15FN2O4S/c1-23-11-4-2-10(3-5-11)13-18-8-12(24-13)14(20)19-7-6-16(17,9-19)15(21)22/h2-5,8H,6-7,9H2,1H3,(H,21,22). The van der Waals surface area contributed by atoms with Crippen LogP contribution in [-0.2, 0) is 4.79 Å². The van der Waals surface area contributed by atoms with Crippen molar-refractivity contribution in [2.24, 2.45) is 0 Å². The molecule has 1 aliphatic heterocycles. The molecule has 2 aromatic rings. The lowest BCUT2D eigenvalue weighted by Gasteiger charge is -2.16. The van der Waals surface area contributed by atoms with Gasteiger partial charge in [-0.25, -0.2) is 14.2 Å². The van der Waals surface area contributed by atoms with Crippen LogP contribution in [0.25, 0.3) is 10.6 Å². The van der Waals surface area contributed by atoms with Gasteiger partial charge < -0.3 is 14.7 Å². The molecule has 1 amide bonds. The topological polar surface area (TPSA) is 79.7 Å². The Balaban J connectivity index is 1.75. The van der Waals surface area contributed by atoms with Gasteiger partial charge in [-0.05, 0) is 24.3 Å². The summed E-state index contributed by atoms with van der Waals surface area (Å²) >= 11 is 1.19. The van der Waals surface area contributed by atoms with Gasteiger partial charge in [0.25, 0.3) is 5.91 Å². The first-order chi connectivity index (χ1) is 11.4. The fraction of sp³-hybridized carbons (Fsp3) is 0.312. The van der Waals surface area contributed by atoms with Gasteiger partial charge in [0.2, 0.25) is 5.67 Å². The normalized spacial score (nSPS) is 20.2. The number of ether oxygens (including phenoxy) is 1. The van der Waals surface area contributed by atoms with Gasteiger partial charge in [-0.15, -0.1) is 11.3 Å². The zero-order chi connectivity index (χ0) is 17.3. The minimum atomic E-state index is -2.36.